The van der Waals surface area contributed by atoms with Gasteiger partial charge in [-0.2, -0.15) is 0 Å². The van der Waals surface area contributed by atoms with Crippen molar-refractivity contribution in [1.29, 1.82) is 0 Å². The van der Waals surface area contributed by atoms with Crippen molar-refractivity contribution in [1.82, 2.24) is 9.97 Å². The summed E-state index contributed by atoms with van der Waals surface area (Å²) in [5.74, 6) is 0.596. The van der Waals surface area contributed by atoms with E-state index in [9.17, 15) is 13.2 Å². The second-order valence-corrected chi connectivity index (χ2v) is 11.2. The molecular weight excluding hydrogens is 444 g/mol. The first-order chi connectivity index (χ1) is 14.3. The summed E-state index contributed by atoms with van der Waals surface area (Å²) in [6.07, 6.45) is 0.964. The number of aromatic nitrogens is 2. The number of nitrogens with zero attached hydrogens (tertiary/aromatic N) is 3. The number of benzene rings is 1. The highest BCUT2D eigenvalue weighted by Crippen LogP contribution is 2.41. The van der Waals surface area contributed by atoms with Gasteiger partial charge in [-0.3, -0.25) is 4.79 Å². The van der Waals surface area contributed by atoms with Gasteiger partial charge in [-0.15, -0.1) is 11.3 Å². The average molecular weight is 461 g/mol. The minimum Gasteiger partial charge on any atom is -0.369 e. The molecule has 2 N–H and O–H groups in total. The van der Waals surface area contributed by atoms with E-state index >= 15 is 0 Å². The monoisotopic (exact) mass is 460 g/mol. The Morgan fingerprint density at radius 1 is 1.20 bits per heavy atom. The first kappa shape index (κ1) is 19.5. The number of rotatable bonds is 4. The van der Waals surface area contributed by atoms with Gasteiger partial charge >= 0.3 is 0 Å². The van der Waals surface area contributed by atoms with Crippen molar-refractivity contribution in [2.75, 3.05) is 11.4 Å². The minimum atomic E-state index is -3.25. The zero-order valence-corrected chi connectivity index (χ0v) is 18.1. The highest BCUT2D eigenvalue weighted by molar-refractivity contribution is 7.90. The first-order valence-corrected chi connectivity index (χ1v) is 12.3. The Hall–Kier alpha value is -2.49. The van der Waals surface area contributed by atoms with Gasteiger partial charge in [0.2, 0.25) is 5.91 Å². The lowest BCUT2D eigenvalue weighted by Crippen LogP contribution is -2.18. The number of hydrogen-bond donors (Lipinski definition) is 1. The van der Waals surface area contributed by atoms with Crippen LogP contribution in [-0.2, 0) is 39.0 Å². The van der Waals surface area contributed by atoms with Crippen molar-refractivity contribution in [3.8, 4) is 10.7 Å². The third-order valence-corrected chi connectivity index (χ3v) is 7.93. The van der Waals surface area contributed by atoms with Crippen LogP contribution in [0.5, 0.6) is 0 Å². The number of hydrogen-bond acceptors (Lipinski definition) is 7. The summed E-state index contributed by atoms with van der Waals surface area (Å²) in [6.45, 7) is 0.670. The molecule has 0 atom stereocenters. The molecule has 0 saturated heterocycles. The second kappa shape index (κ2) is 7.04. The number of primary amides is 1. The van der Waals surface area contributed by atoms with Crippen LogP contribution < -0.4 is 10.6 Å². The van der Waals surface area contributed by atoms with E-state index in [1.807, 2.05) is 29.2 Å². The maximum Gasteiger partial charge on any atom is 0.221 e. The summed E-state index contributed by atoms with van der Waals surface area (Å²) in [4.78, 5) is 23.4. The van der Waals surface area contributed by atoms with Gasteiger partial charge in [0.05, 0.1) is 32.8 Å². The van der Waals surface area contributed by atoms with Gasteiger partial charge in [0.25, 0.3) is 0 Å². The molecular formula is C20H17ClN4O3S2. The van der Waals surface area contributed by atoms with Crippen LogP contribution in [0.1, 0.15) is 22.4 Å². The molecule has 3 aromatic rings. The molecule has 1 amide bonds. The van der Waals surface area contributed by atoms with Gasteiger partial charge in [-0.25, -0.2) is 18.4 Å². The molecule has 7 nitrogen and oxygen atoms in total. The third-order valence-electron chi connectivity index (χ3n) is 5.26. The number of carbonyl (C=O) groups is 1. The summed E-state index contributed by atoms with van der Waals surface area (Å²) in [5, 5.41) is 0. The Kier molecular flexibility index (Phi) is 4.57. The fraction of sp³-hybridized carbons (Fsp3) is 0.250. The van der Waals surface area contributed by atoms with E-state index in [4.69, 9.17) is 22.3 Å². The molecule has 2 aromatic heterocycles. The van der Waals surface area contributed by atoms with E-state index in [-0.39, 0.29) is 23.8 Å². The van der Waals surface area contributed by atoms with Gasteiger partial charge in [-0.05, 0) is 35.7 Å². The lowest BCUT2D eigenvalue weighted by Gasteiger charge is -2.21. The molecule has 4 heterocycles. The number of halogens is 1. The van der Waals surface area contributed by atoms with Crippen molar-refractivity contribution in [3.05, 3.63) is 57.1 Å². The summed E-state index contributed by atoms with van der Waals surface area (Å²) >= 11 is 7.44. The highest BCUT2D eigenvalue weighted by Gasteiger charge is 2.34. The number of anilines is 2. The molecule has 0 bridgehead atoms. The molecule has 0 unspecified atom stereocenters. The van der Waals surface area contributed by atoms with Gasteiger partial charge < -0.3 is 10.6 Å². The fourth-order valence-corrected chi connectivity index (χ4v) is 6.49. The number of thiophene rings is 1. The van der Waals surface area contributed by atoms with E-state index in [2.05, 4.69) is 4.98 Å². The smallest absolute Gasteiger partial charge is 0.221 e. The van der Waals surface area contributed by atoms with Gasteiger partial charge in [0, 0.05) is 17.8 Å². The minimum absolute atomic E-state index is 0.0608. The van der Waals surface area contributed by atoms with E-state index in [1.54, 1.807) is 6.07 Å². The third kappa shape index (κ3) is 3.46. The number of carbonyl (C=O) groups excluding carboxylic acids is 1. The number of amides is 1. The lowest BCUT2D eigenvalue weighted by molar-refractivity contribution is -0.117. The van der Waals surface area contributed by atoms with Crippen LogP contribution in [0, 0.1) is 0 Å². The van der Waals surface area contributed by atoms with E-state index in [1.165, 1.54) is 11.3 Å². The molecule has 1 aromatic carbocycles. The molecule has 0 saturated carbocycles. The van der Waals surface area contributed by atoms with Crippen LogP contribution >= 0.6 is 22.9 Å². The van der Waals surface area contributed by atoms with Gasteiger partial charge in [-0.1, -0.05) is 23.7 Å². The summed E-state index contributed by atoms with van der Waals surface area (Å²) in [5.41, 5.74) is 9.45. The lowest BCUT2D eigenvalue weighted by atomic mass is 10.1. The van der Waals surface area contributed by atoms with Crippen LogP contribution in [0.15, 0.2) is 30.3 Å². The number of nitrogens with two attached hydrogens (primary N) is 1. The Balaban J connectivity index is 1.62. The molecule has 5 rings (SSSR count). The van der Waals surface area contributed by atoms with E-state index in [0.717, 1.165) is 28.1 Å². The van der Waals surface area contributed by atoms with Crippen LogP contribution in [-0.4, -0.2) is 30.8 Å². The maximum absolute atomic E-state index is 12.4. The summed E-state index contributed by atoms with van der Waals surface area (Å²) in [7, 11) is -3.25. The highest BCUT2D eigenvalue weighted by atomic mass is 35.5. The molecule has 0 radical (unpaired) electrons. The zero-order chi connectivity index (χ0) is 21.0. The normalized spacial score (nSPS) is 16.5. The topological polar surface area (TPSA) is 106 Å². The maximum atomic E-state index is 12.4. The number of fused-ring (bicyclic) bond motifs is 2. The second-order valence-electron chi connectivity index (χ2n) is 7.44. The fourth-order valence-electron chi connectivity index (χ4n) is 4.02. The Morgan fingerprint density at radius 2 is 2.03 bits per heavy atom. The molecule has 2 aliphatic rings. The Morgan fingerprint density at radius 3 is 2.77 bits per heavy atom. The van der Waals surface area contributed by atoms with Crippen molar-refractivity contribution < 1.29 is 13.2 Å². The zero-order valence-electron chi connectivity index (χ0n) is 15.8. The molecule has 154 valence electrons. The standard InChI is InChI=1S/C20H17ClN4O3S2/c21-17-4-3-16(29-17)19-23-14-10-30(27,28)9-13(14)20(24-19)25-6-5-12-7-11(8-18(22)26)1-2-15(12)25/h1-4,7H,5-6,8-10H2,(H2,22,26). The Labute approximate surface area is 182 Å². The van der Waals surface area contributed by atoms with Crippen molar-refractivity contribution in [2.45, 2.75) is 24.3 Å². The molecule has 10 heteroatoms. The van der Waals surface area contributed by atoms with Crippen LogP contribution in [0.4, 0.5) is 11.5 Å². The van der Waals surface area contributed by atoms with E-state index in [0.29, 0.717) is 33.8 Å². The van der Waals surface area contributed by atoms with Crippen molar-refractivity contribution in [3.63, 3.8) is 0 Å². The summed E-state index contributed by atoms with van der Waals surface area (Å²) < 4.78 is 25.3. The Bertz CT molecular complexity index is 1300. The molecule has 0 aliphatic carbocycles. The predicted octanol–water partition coefficient (Wildman–Crippen LogP) is 3.01. The van der Waals surface area contributed by atoms with E-state index < -0.39 is 9.84 Å². The molecule has 0 fully saturated rings. The molecule has 30 heavy (non-hydrogen) atoms. The van der Waals surface area contributed by atoms with Crippen molar-refractivity contribution in [2.24, 2.45) is 5.73 Å². The average Bonchev–Trinajstić information content (AvgIpc) is 3.35. The van der Waals surface area contributed by atoms with Crippen LogP contribution in [0.3, 0.4) is 0 Å². The summed E-state index contributed by atoms with van der Waals surface area (Å²) in [6, 6.07) is 9.43. The molecule has 0 spiro atoms. The van der Waals surface area contributed by atoms with Gasteiger partial charge in [0.15, 0.2) is 15.7 Å². The SMILES string of the molecule is NC(=O)Cc1ccc2c(c1)CCN2c1nc(-c2ccc(Cl)s2)nc2c1CS(=O)(=O)C2. The quantitative estimate of drug-likeness (QED) is 0.641. The van der Waals surface area contributed by atoms with Gasteiger partial charge in [0.1, 0.15) is 5.82 Å². The largest absolute Gasteiger partial charge is 0.369 e. The number of sulfone groups is 1. The molecule has 2 aliphatic heterocycles. The van der Waals surface area contributed by atoms with Crippen molar-refractivity contribution >= 4 is 50.2 Å². The first-order valence-electron chi connectivity index (χ1n) is 9.33. The predicted molar refractivity (Wildman–Crippen MR) is 117 cm³/mol. The van der Waals surface area contributed by atoms with Crippen LogP contribution in [0.2, 0.25) is 4.34 Å². The van der Waals surface area contributed by atoms with Crippen LogP contribution in [0.25, 0.3) is 10.7 Å².